The summed E-state index contributed by atoms with van der Waals surface area (Å²) in [6.07, 6.45) is 0. The van der Waals surface area contributed by atoms with Crippen LogP contribution in [0.4, 0.5) is 16.2 Å². The average Bonchev–Trinajstić information content (AvgIpc) is 2.60. The number of nitrogens with one attached hydrogen (secondary N) is 2. The first kappa shape index (κ1) is 17.3. The number of amides is 3. The van der Waals surface area contributed by atoms with Crippen LogP contribution in [0, 0.1) is 0 Å². The Morgan fingerprint density at radius 1 is 1.04 bits per heavy atom. The molecular weight excluding hydrogens is 306 g/mol. The zero-order valence-corrected chi connectivity index (χ0v) is 14.0. The lowest BCUT2D eigenvalue weighted by molar-refractivity contribution is -0.116. The number of nitrogens with zero attached hydrogens (tertiary/aromatic N) is 1. The van der Waals surface area contributed by atoms with Crippen LogP contribution in [0.15, 0.2) is 48.5 Å². The van der Waals surface area contributed by atoms with Gasteiger partial charge in [-0.3, -0.25) is 4.79 Å². The van der Waals surface area contributed by atoms with Crippen molar-refractivity contribution in [3.63, 3.8) is 0 Å². The minimum Gasteiger partial charge on any atom is -0.497 e. The van der Waals surface area contributed by atoms with Crippen LogP contribution in [0.25, 0.3) is 0 Å². The van der Waals surface area contributed by atoms with Crippen LogP contribution in [-0.4, -0.2) is 26.1 Å². The molecule has 0 aliphatic heterocycles. The summed E-state index contributed by atoms with van der Waals surface area (Å²) in [6.45, 7) is 1.92. The van der Waals surface area contributed by atoms with E-state index >= 15 is 0 Å². The van der Waals surface area contributed by atoms with Crippen molar-refractivity contribution in [3.05, 3.63) is 54.1 Å². The second kappa shape index (κ2) is 8.01. The van der Waals surface area contributed by atoms with E-state index in [0.717, 1.165) is 17.0 Å². The van der Waals surface area contributed by atoms with Gasteiger partial charge in [0.15, 0.2) is 0 Å². The lowest BCUT2D eigenvalue weighted by Gasteiger charge is -2.15. The van der Waals surface area contributed by atoms with Crippen molar-refractivity contribution in [1.29, 1.82) is 0 Å². The molecule has 6 nitrogen and oxygen atoms in total. The van der Waals surface area contributed by atoms with Crippen molar-refractivity contribution in [3.8, 4) is 5.75 Å². The molecule has 2 aromatic rings. The van der Waals surface area contributed by atoms with Crippen molar-refractivity contribution < 1.29 is 14.3 Å². The maximum Gasteiger partial charge on any atom is 0.319 e. The Labute approximate surface area is 141 Å². The number of ether oxygens (including phenoxy) is 1. The highest BCUT2D eigenvalue weighted by molar-refractivity contribution is 5.92. The summed E-state index contributed by atoms with van der Waals surface area (Å²) in [5, 5.41) is 5.54. The number of hydrogen-bond acceptors (Lipinski definition) is 3. The molecule has 0 atom stereocenters. The second-order valence-corrected chi connectivity index (χ2v) is 5.28. The maximum atomic E-state index is 11.9. The zero-order valence-electron chi connectivity index (χ0n) is 14.0. The van der Waals surface area contributed by atoms with Gasteiger partial charge in [-0.2, -0.15) is 0 Å². The van der Waals surface area contributed by atoms with Crippen molar-refractivity contribution in [2.24, 2.45) is 0 Å². The fourth-order valence-electron chi connectivity index (χ4n) is 2.05. The van der Waals surface area contributed by atoms with Gasteiger partial charge in [-0.05, 0) is 42.0 Å². The van der Waals surface area contributed by atoms with Crippen molar-refractivity contribution in [1.82, 2.24) is 5.32 Å². The second-order valence-electron chi connectivity index (χ2n) is 5.28. The van der Waals surface area contributed by atoms with E-state index in [1.54, 1.807) is 38.4 Å². The van der Waals surface area contributed by atoms with Gasteiger partial charge in [0.25, 0.3) is 0 Å². The molecule has 2 N–H and O–H groups in total. The summed E-state index contributed by atoms with van der Waals surface area (Å²) in [5.41, 5.74) is 2.40. The molecule has 0 saturated carbocycles. The number of carbonyl (C=O) groups is 2. The molecule has 6 heteroatoms. The Morgan fingerprint density at radius 2 is 1.67 bits per heavy atom. The third-order valence-electron chi connectivity index (χ3n) is 3.60. The fraction of sp³-hybridized carbons (Fsp3) is 0.222. The van der Waals surface area contributed by atoms with Gasteiger partial charge >= 0.3 is 6.03 Å². The number of rotatable bonds is 5. The van der Waals surface area contributed by atoms with Gasteiger partial charge in [-0.15, -0.1) is 0 Å². The minimum absolute atomic E-state index is 0.0482. The van der Waals surface area contributed by atoms with Crippen LogP contribution in [-0.2, 0) is 11.3 Å². The highest BCUT2D eigenvalue weighted by atomic mass is 16.5. The molecule has 3 amide bonds. The molecule has 0 spiro atoms. The molecule has 24 heavy (non-hydrogen) atoms. The Balaban J connectivity index is 1.86. The first-order chi connectivity index (χ1) is 11.5. The average molecular weight is 327 g/mol. The molecule has 126 valence electrons. The first-order valence-electron chi connectivity index (χ1n) is 7.51. The van der Waals surface area contributed by atoms with E-state index in [1.165, 1.54) is 11.8 Å². The van der Waals surface area contributed by atoms with Crippen LogP contribution in [0.5, 0.6) is 5.75 Å². The quantitative estimate of drug-likeness (QED) is 0.887. The first-order valence-corrected chi connectivity index (χ1v) is 7.51. The minimum atomic E-state index is -0.293. The Hall–Kier alpha value is -3.02. The van der Waals surface area contributed by atoms with Gasteiger partial charge in [-0.25, -0.2) is 4.79 Å². The highest BCUT2D eigenvalue weighted by Crippen LogP contribution is 2.17. The molecule has 0 aliphatic carbocycles. The summed E-state index contributed by atoms with van der Waals surface area (Å²) in [7, 11) is 3.31. The normalized spacial score (nSPS) is 9.96. The molecule has 0 aliphatic rings. The molecule has 2 rings (SSSR count). The number of urea groups is 1. The van der Waals surface area contributed by atoms with Crippen LogP contribution in [0.1, 0.15) is 12.5 Å². The van der Waals surface area contributed by atoms with E-state index in [4.69, 9.17) is 4.74 Å². The number of carbonyl (C=O) groups excluding carboxylic acids is 2. The standard InChI is InChI=1S/C18H21N3O3/c1-13(22)21(2)16-8-6-15(7-9-16)20-18(23)19-12-14-4-10-17(24-3)11-5-14/h4-11H,12H2,1-3H3,(H2,19,20,23). The molecular formula is C18H21N3O3. The van der Waals surface area contributed by atoms with E-state index < -0.39 is 0 Å². The van der Waals surface area contributed by atoms with Crippen molar-refractivity contribution in [2.75, 3.05) is 24.4 Å². The van der Waals surface area contributed by atoms with Crippen molar-refractivity contribution >= 4 is 23.3 Å². The monoisotopic (exact) mass is 327 g/mol. The largest absolute Gasteiger partial charge is 0.497 e. The van der Waals surface area contributed by atoms with Gasteiger partial charge in [0.2, 0.25) is 5.91 Å². The number of anilines is 2. The van der Waals surface area contributed by atoms with Crippen LogP contribution in [0.3, 0.4) is 0 Å². The molecule has 0 saturated heterocycles. The third kappa shape index (κ3) is 4.74. The molecule has 2 aromatic carbocycles. The predicted octanol–water partition coefficient (Wildman–Crippen LogP) is 3.00. The number of hydrogen-bond donors (Lipinski definition) is 2. The SMILES string of the molecule is COc1ccc(CNC(=O)Nc2ccc(N(C)C(C)=O)cc2)cc1. The summed E-state index contributed by atoms with van der Waals surface area (Å²) < 4.78 is 5.09. The van der Waals surface area contributed by atoms with Crippen LogP contribution in [0.2, 0.25) is 0 Å². The summed E-state index contributed by atoms with van der Waals surface area (Å²) >= 11 is 0. The summed E-state index contributed by atoms with van der Waals surface area (Å²) in [6, 6.07) is 14.2. The van der Waals surface area contributed by atoms with Crippen LogP contribution < -0.4 is 20.3 Å². The van der Waals surface area contributed by atoms with E-state index in [1.807, 2.05) is 24.3 Å². The summed E-state index contributed by atoms with van der Waals surface area (Å²) in [4.78, 5) is 24.8. The molecule has 0 bridgehead atoms. The van der Waals surface area contributed by atoms with E-state index in [2.05, 4.69) is 10.6 Å². The Morgan fingerprint density at radius 3 is 2.21 bits per heavy atom. The highest BCUT2D eigenvalue weighted by Gasteiger charge is 2.06. The molecule has 0 radical (unpaired) electrons. The summed E-state index contributed by atoms with van der Waals surface area (Å²) in [5.74, 6) is 0.728. The van der Waals surface area contributed by atoms with E-state index in [9.17, 15) is 9.59 Å². The Bertz CT molecular complexity index is 696. The van der Waals surface area contributed by atoms with Gasteiger partial charge in [0.1, 0.15) is 5.75 Å². The molecule has 0 unspecified atom stereocenters. The zero-order chi connectivity index (χ0) is 17.5. The molecule has 0 fully saturated rings. The smallest absolute Gasteiger partial charge is 0.319 e. The lowest BCUT2D eigenvalue weighted by atomic mass is 10.2. The fourth-order valence-corrected chi connectivity index (χ4v) is 2.05. The van der Waals surface area contributed by atoms with Gasteiger partial charge in [0, 0.05) is 31.9 Å². The topological polar surface area (TPSA) is 70.7 Å². The van der Waals surface area contributed by atoms with E-state index in [-0.39, 0.29) is 11.9 Å². The maximum absolute atomic E-state index is 11.9. The van der Waals surface area contributed by atoms with E-state index in [0.29, 0.717) is 12.2 Å². The Kier molecular flexibility index (Phi) is 5.78. The van der Waals surface area contributed by atoms with Crippen molar-refractivity contribution in [2.45, 2.75) is 13.5 Å². The molecule has 0 aromatic heterocycles. The van der Waals surface area contributed by atoms with Crippen LogP contribution >= 0.6 is 0 Å². The number of methoxy groups -OCH3 is 1. The number of benzene rings is 2. The predicted molar refractivity (Wildman–Crippen MR) is 94.4 cm³/mol. The third-order valence-corrected chi connectivity index (χ3v) is 3.60. The molecule has 0 heterocycles. The van der Waals surface area contributed by atoms with Gasteiger partial charge in [0.05, 0.1) is 7.11 Å². The van der Waals surface area contributed by atoms with Gasteiger partial charge < -0.3 is 20.3 Å². The van der Waals surface area contributed by atoms with Gasteiger partial charge in [-0.1, -0.05) is 12.1 Å². The lowest BCUT2D eigenvalue weighted by Crippen LogP contribution is -2.28.